The van der Waals surface area contributed by atoms with Gasteiger partial charge in [-0.05, 0) is 6.92 Å². The van der Waals surface area contributed by atoms with Gasteiger partial charge in [0.05, 0.1) is 12.7 Å². The third kappa shape index (κ3) is 2.59. The second-order valence-electron chi connectivity index (χ2n) is 2.67. The number of H-pyrrole nitrogens is 1. The Balaban J connectivity index is 3.01. The number of aromatic carboxylic acids is 1. The molecule has 3 N–H and O–H groups in total. The zero-order valence-electron chi connectivity index (χ0n) is 8.31. The molecule has 0 fully saturated rings. The van der Waals surface area contributed by atoms with Crippen molar-refractivity contribution in [1.82, 2.24) is 14.9 Å². The maximum Gasteiger partial charge on any atom is 0.340 e. The van der Waals surface area contributed by atoms with Crippen LogP contribution in [0.25, 0.3) is 0 Å². The lowest BCUT2D eigenvalue weighted by Crippen LogP contribution is -2.26. The molecule has 1 rings (SSSR count). The Labute approximate surface area is 91.9 Å². The van der Waals surface area contributed by atoms with Crippen LogP contribution in [0.1, 0.15) is 17.3 Å². The van der Waals surface area contributed by atoms with Gasteiger partial charge in [0.15, 0.2) is 5.03 Å². The van der Waals surface area contributed by atoms with Crippen molar-refractivity contribution >= 4 is 16.0 Å². The SMILES string of the molecule is CC#CCNS(=O)(=O)c1[nH]ncc1C(=O)O. The number of rotatable bonds is 4. The summed E-state index contributed by atoms with van der Waals surface area (Å²) in [7, 11) is -3.92. The first-order valence-electron chi connectivity index (χ1n) is 4.15. The number of hydrogen-bond acceptors (Lipinski definition) is 4. The van der Waals surface area contributed by atoms with E-state index in [1.54, 1.807) is 6.92 Å². The first-order chi connectivity index (χ1) is 7.49. The highest BCUT2D eigenvalue weighted by molar-refractivity contribution is 7.89. The molecular formula is C8H9N3O4S. The molecule has 0 radical (unpaired) electrons. The summed E-state index contributed by atoms with van der Waals surface area (Å²) in [6, 6.07) is 0. The molecule has 1 aromatic heterocycles. The van der Waals surface area contributed by atoms with E-state index in [1.807, 2.05) is 0 Å². The summed E-state index contributed by atoms with van der Waals surface area (Å²) in [4.78, 5) is 10.7. The van der Waals surface area contributed by atoms with Gasteiger partial charge in [0.25, 0.3) is 10.0 Å². The van der Waals surface area contributed by atoms with Gasteiger partial charge in [-0.15, -0.1) is 5.92 Å². The van der Waals surface area contributed by atoms with Crippen molar-refractivity contribution in [1.29, 1.82) is 0 Å². The molecule has 86 valence electrons. The van der Waals surface area contributed by atoms with Crippen LogP contribution in [0.5, 0.6) is 0 Å². The van der Waals surface area contributed by atoms with Gasteiger partial charge in [-0.25, -0.2) is 13.2 Å². The van der Waals surface area contributed by atoms with E-state index >= 15 is 0 Å². The van der Waals surface area contributed by atoms with E-state index in [2.05, 4.69) is 26.8 Å². The monoisotopic (exact) mass is 243 g/mol. The number of nitrogens with one attached hydrogen (secondary N) is 2. The van der Waals surface area contributed by atoms with E-state index in [9.17, 15) is 13.2 Å². The molecule has 0 aromatic carbocycles. The molecule has 0 saturated carbocycles. The van der Waals surface area contributed by atoms with Crippen molar-refractivity contribution in [2.45, 2.75) is 11.9 Å². The summed E-state index contributed by atoms with van der Waals surface area (Å²) in [5.41, 5.74) is -0.406. The van der Waals surface area contributed by atoms with E-state index in [0.717, 1.165) is 6.20 Å². The van der Waals surface area contributed by atoms with E-state index in [1.165, 1.54) is 0 Å². The van der Waals surface area contributed by atoms with Gasteiger partial charge in [-0.1, -0.05) is 5.92 Å². The molecule has 0 spiro atoms. The van der Waals surface area contributed by atoms with Gasteiger partial charge in [0.1, 0.15) is 5.56 Å². The Morgan fingerprint density at radius 2 is 2.38 bits per heavy atom. The Morgan fingerprint density at radius 1 is 1.69 bits per heavy atom. The molecule has 0 bridgehead atoms. The highest BCUT2D eigenvalue weighted by Crippen LogP contribution is 2.10. The van der Waals surface area contributed by atoms with Gasteiger partial charge in [-0.3, -0.25) is 5.10 Å². The van der Waals surface area contributed by atoms with Crippen LogP contribution in [-0.2, 0) is 10.0 Å². The lowest BCUT2D eigenvalue weighted by Gasteiger charge is -2.01. The minimum Gasteiger partial charge on any atom is -0.478 e. The fraction of sp³-hybridized carbons (Fsp3) is 0.250. The van der Waals surface area contributed by atoms with Crippen LogP contribution in [0, 0.1) is 11.8 Å². The molecule has 0 unspecified atom stereocenters. The van der Waals surface area contributed by atoms with Crippen LogP contribution < -0.4 is 4.72 Å². The molecule has 1 aromatic rings. The number of aromatic nitrogens is 2. The van der Waals surface area contributed by atoms with Crippen molar-refractivity contribution in [3.05, 3.63) is 11.8 Å². The average Bonchev–Trinajstić information content (AvgIpc) is 2.66. The van der Waals surface area contributed by atoms with Gasteiger partial charge in [0, 0.05) is 0 Å². The van der Waals surface area contributed by atoms with Crippen molar-refractivity contribution in [2.75, 3.05) is 6.54 Å². The van der Waals surface area contributed by atoms with Crippen molar-refractivity contribution in [3.63, 3.8) is 0 Å². The standard InChI is InChI=1S/C8H9N3O4S/c1-2-3-4-10-16(14,15)7-6(8(12)13)5-9-11-7/h5,10H,4H2,1H3,(H,9,11)(H,12,13). The minimum atomic E-state index is -3.92. The van der Waals surface area contributed by atoms with E-state index < -0.39 is 26.6 Å². The molecule has 0 saturated heterocycles. The van der Waals surface area contributed by atoms with Crippen molar-refractivity contribution in [3.8, 4) is 11.8 Å². The molecular weight excluding hydrogens is 234 g/mol. The summed E-state index contributed by atoms with van der Waals surface area (Å²) >= 11 is 0. The molecule has 0 atom stereocenters. The normalized spacial score (nSPS) is 10.6. The van der Waals surface area contributed by atoms with Gasteiger partial charge in [0.2, 0.25) is 0 Å². The van der Waals surface area contributed by atoms with E-state index in [0.29, 0.717) is 0 Å². The van der Waals surface area contributed by atoms with Crippen LogP contribution >= 0.6 is 0 Å². The maximum atomic E-state index is 11.6. The summed E-state index contributed by atoms with van der Waals surface area (Å²) in [6.45, 7) is 1.48. The highest BCUT2D eigenvalue weighted by Gasteiger charge is 2.23. The summed E-state index contributed by atoms with van der Waals surface area (Å²) in [5, 5.41) is 13.7. The number of nitrogens with zero attached hydrogens (tertiary/aromatic N) is 1. The van der Waals surface area contributed by atoms with Gasteiger partial charge >= 0.3 is 5.97 Å². The molecule has 8 heteroatoms. The van der Waals surface area contributed by atoms with Gasteiger partial charge in [-0.2, -0.15) is 9.82 Å². The number of hydrogen-bond donors (Lipinski definition) is 3. The molecule has 7 nitrogen and oxygen atoms in total. The molecule has 0 amide bonds. The zero-order chi connectivity index (χ0) is 12.2. The van der Waals surface area contributed by atoms with E-state index in [4.69, 9.17) is 5.11 Å². The lowest BCUT2D eigenvalue weighted by molar-refractivity contribution is 0.0692. The first kappa shape index (κ1) is 12.2. The fourth-order valence-corrected chi connectivity index (χ4v) is 1.93. The number of carboxylic acids is 1. The molecule has 0 aliphatic carbocycles. The molecule has 16 heavy (non-hydrogen) atoms. The number of carboxylic acid groups (broad SMARTS) is 1. The Morgan fingerprint density at radius 3 is 2.94 bits per heavy atom. The average molecular weight is 243 g/mol. The van der Waals surface area contributed by atoms with E-state index in [-0.39, 0.29) is 6.54 Å². The number of sulfonamides is 1. The summed E-state index contributed by atoms with van der Waals surface area (Å²) in [5.74, 6) is 3.63. The van der Waals surface area contributed by atoms with Crippen LogP contribution in [0.15, 0.2) is 11.2 Å². The van der Waals surface area contributed by atoms with Crippen molar-refractivity contribution in [2.24, 2.45) is 0 Å². The fourth-order valence-electron chi connectivity index (χ4n) is 0.923. The minimum absolute atomic E-state index is 0.0864. The Bertz CT molecular complexity index is 549. The Kier molecular flexibility index (Phi) is 3.65. The van der Waals surface area contributed by atoms with Gasteiger partial charge < -0.3 is 5.11 Å². The molecule has 0 aliphatic rings. The third-order valence-electron chi connectivity index (χ3n) is 1.63. The lowest BCUT2D eigenvalue weighted by atomic mass is 10.4. The second-order valence-corrected chi connectivity index (χ2v) is 4.37. The predicted octanol–water partition coefficient (Wildman–Crippen LogP) is -0.591. The highest BCUT2D eigenvalue weighted by atomic mass is 32.2. The largest absolute Gasteiger partial charge is 0.478 e. The van der Waals surface area contributed by atoms with Crippen LogP contribution in [0.4, 0.5) is 0 Å². The molecule has 0 aliphatic heterocycles. The van der Waals surface area contributed by atoms with Crippen LogP contribution in [-0.4, -0.2) is 36.2 Å². The first-order valence-corrected chi connectivity index (χ1v) is 5.63. The number of carbonyl (C=O) groups is 1. The molecule has 1 heterocycles. The zero-order valence-corrected chi connectivity index (χ0v) is 9.13. The van der Waals surface area contributed by atoms with Crippen LogP contribution in [0.3, 0.4) is 0 Å². The summed E-state index contributed by atoms with van der Waals surface area (Å²) in [6.07, 6.45) is 0.933. The predicted molar refractivity (Wildman–Crippen MR) is 54.2 cm³/mol. The topological polar surface area (TPSA) is 112 Å². The van der Waals surface area contributed by atoms with Crippen molar-refractivity contribution < 1.29 is 18.3 Å². The maximum absolute atomic E-state index is 11.6. The number of aromatic amines is 1. The third-order valence-corrected chi connectivity index (χ3v) is 3.00. The smallest absolute Gasteiger partial charge is 0.340 e. The second kappa shape index (κ2) is 4.78. The quantitative estimate of drug-likeness (QED) is 0.612. The Hall–Kier alpha value is -1.85. The summed E-state index contributed by atoms with van der Waals surface area (Å²) < 4.78 is 25.3. The van der Waals surface area contributed by atoms with Crippen LogP contribution in [0.2, 0.25) is 0 Å².